The topological polar surface area (TPSA) is 102 Å². The minimum Gasteiger partial charge on any atom is -0.338 e. The molecule has 0 atom stereocenters. The molecule has 3 aromatic rings. The molecule has 3 rings (SSSR count). The van der Waals surface area contributed by atoms with Gasteiger partial charge in [-0.1, -0.05) is 47.6 Å². The van der Waals surface area contributed by atoms with Crippen molar-refractivity contribution in [2.45, 2.75) is 5.75 Å². The Bertz CT molecular complexity index is 1020. The maximum absolute atomic E-state index is 13.5. The summed E-state index contributed by atoms with van der Waals surface area (Å²) in [5, 5.41) is 5.95. The molecular formula is C17H14FN3O4S. The number of aromatic nitrogens is 2. The fourth-order valence-corrected chi connectivity index (χ4v) is 3.27. The van der Waals surface area contributed by atoms with E-state index in [-0.39, 0.29) is 17.4 Å². The molecule has 0 unspecified atom stereocenters. The van der Waals surface area contributed by atoms with Gasteiger partial charge in [0, 0.05) is 5.56 Å². The van der Waals surface area contributed by atoms with Crippen molar-refractivity contribution in [3.05, 3.63) is 66.3 Å². The highest BCUT2D eigenvalue weighted by atomic mass is 32.2. The maximum atomic E-state index is 13.5. The van der Waals surface area contributed by atoms with Crippen molar-refractivity contribution in [3.8, 4) is 11.4 Å². The molecule has 0 aliphatic heterocycles. The molecule has 26 heavy (non-hydrogen) atoms. The normalized spacial score (nSPS) is 11.3. The van der Waals surface area contributed by atoms with E-state index in [2.05, 4.69) is 15.5 Å². The highest BCUT2D eigenvalue weighted by Crippen LogP contribution is 2.16. The van der Waals surface area contributed by atoms with Crippen LogP contribution in [0.1, 0.15) is 5.89 Å². The molecule has 2 aromatic carbocycles. The van der Waals surface area contributed by atoms with Crippen LogP contribution in [-0.2, 0) is 20.4 Å². The molecule has 1 heterocycles. The second-order valence-corrected chi connectivity index (χ2v) is 7.50. The summed E-state index contributed by atoms with van der Waals surface area (Å²) >= 11 is 0. The zero-order chi connectivity index (χ0) is 18.6. The van der Waals surface area contributed by atoms with E-state index in [0.717, 1.165) is 6.07 Å². The van der Waals surface area contributed by atoms with E-state index < -0.39 is 33.1 Å². The van der Waals surface area contributed by atoms with Gasteiger partial charge in [0.25, 0.3) is 0 Å². The first kappa shape index (κ1) is 17.7. The second kappa shape index (κ2) is 7.44. The average Bonchev–Trinajstić information content (AvgIpc) is 3.05. The third-order valence-corrected chi connectivity index (χ3v) is 4.73. The van der Waals surface area contributed by atoms with Crippen molar-refractivity contribution in [1.82, 2.24) is 10.1 Å². The first-order valence-corrected chi connectivity index (χ1v) is 9.38. The molecule has 0 bridgehead atoms. The summed E-state index contributed by atoms with van der Waals surface area (Å²) in [5.74, 6) is -2.78. The van der Waals surface area contributed by atoms with Gasteiger partial charge in [0.15, 0.2) is 9.84 Å². The number of sulfone groups is 1. The molecule has 1 N–H and O–H groups in total. The van der Waals surface area contributed by atoms with Gasteiger partial charge in [-0.2, -0.15) is 4.98 Å². The molecule has 7 nitrogen and oxygen atoms in total. The first-order valence-electron chi connectivity index (χ1n) is 7.56. The average molecular weight is 375 g/mol. The number of nitrogens with zero attached hydrogens (tertiary/aromatic N) is 2. The van der Waals surface area contributed by atoms with E-state index in [1.165, 1.54) is 18.2 Å². The van der Waals surface area contributed by atoms with Gasteiger partial charge in [0.05, 0.1) is 5.69 Å². The number of hydrogen-bond donors (Lipinski definition) is 1. The number of carbonyl (C=O) groups is 1. The van der Waals surface area contributed by atoms with Crippen LogP contribution in [0.4, 0.5) is 10.1 Å². The van der Waals surface area contributed by atoms with Gasteiger partial charge in [-0.05, 0) is 12.1 Å². The van der Waals surface area contributed by atoms with E-state index in [1.807, 2.05) is 6.07 Å². The van der Waals surface area contributed by atoms with Crippen molar-refractivity contribution >= 4 is 21.4 Å². The number of para-hydroxylation sites is 1. The number of carbonyl (C=O) groups excluding carboxylic acids is 1. The molecule has 0 radical (unpaired) electrons. The summed E-state index contributed by atoms with van der Waals surface area (Å²) in [6.45, 7) is 0. The highest BCUT2D eigenvalue weighted by Gasteiger charge is 2.22. The largest absolute Gasteiger partial charge is 0.338 e. The van der Waals surface area contributed by atoms with Gasteiger partial charge in [0.2, 0.25) is 17.6 Å². The van der Waals surface area contributed by atoms with Crippen molar-refractivity contribution < 1.29 is 22.1 Å². The summed E-state index contributed by atoms with van der Waals surface area (Å²) in [6, 6.07) is 14.4. The van der Waals surface area contributed by atoms with Gasteiger partial charge in [-0.3, -0.25) is 4.79 Å². The third-order valence-electron chi connectivity index (χ3n) is 3.34. The number of amides is 1. The third kappa shape index (κ3) is 4.51. The van der Waals surface area contributed by atoms with E-state index in [9.17, 15) is 17.6 Å². The molecule has 0 spiro atoms. The molecule has 1 amide bonds. The molecule has 1 aromatic heterocycles. The summed E-state index contributed by atoms with van der Waals surface area (Å²) in [4.78, 5) is 15.9. The number of anilines is 1. The maximum Gasteiger partial charge on any atom is 0.242 e. The van der Waals surface area contributed by atoms with Gasteiger partial charge in [-0.25, -0.2) is 12.8 Å². The molecule has 134 valence electrons. The van der Waals surface area contributed by atoms with Crippen LogP contribution < -0.4 is 5.32 Å². The summed E-state index contributed by atoms with van der Waals surface area (Å²) in [6.07, 6.45) is 0. The summed E-state index contributed by atoms with van der Waals surface area (Å²) in [5.41, 5.74) is 0.592. The predicted octanol–water partition coefficient (Wildman–Crippen LogP) is 2.43. The van der Waals surface area contributed by atoms with E-state index in [1.54, 1.807) is 24.3 Å². The number of benzene rings is 2. The van der Waals surface area contributed by atoms with Crippen LogP contribution in [0.25, 0.3) is 11.4 Å². The predicted molar refractivity (Wildman–Crippen MR) is 92.3 cm³/mol. The Hall–Kier alpha value is -3.07. The van der Waals surface area contributed by atoms with Gasteiger partial charge in [-0.15, -0.1) is 0 Å². The quantitative estimate of drug-likeness (QED) is 0.710. The Labute approximate surface area is 148 Å². The minimum atomic E-state index is -3.87. The van der Waals surface area contributed by atoms with Crippen LogP contribution in [0.5, 0.6) is 0 Å². The van der Waals surface area contributed by atoms with E-state index in [4.69, 9.17) is 4.52 Å². The van der Waals surface area contributed by atoms with Gasteiger partial charge < -0.3 is 9.84 Å². The zero-order valence-electron chi connectivity index (χ0n) is 13.4. The Morgan fingerprint density at radius 2 is 1.77 bits per heavy atom. The lowest BCUT2D eigenvalue weighted by Gasteiger charge is -2.06. The number of hydrogen-bond acceptors (Lipinski definition) is 6. The SMILES string of the molecule is O=C(CS(=O)(=O)Cc1nc(-c2ccccc2)no1)Nc1ccccc1F. The van der Waals surface area contributed by atoms with Crippen molar-refractivity contribution in [3.63, 3.8) is 0 Å². The lowest BCUT2D eigenvalue weighted by molar-refractivity contribution is -0.113. The van der Waals surface area contributed by atoms with Crippen LogP contribution >= 0.6 is 0 Å². The minimum absolute atomic E-state index is 0.0862. The molecule has 0 aliphatic rings. The Kier molecular flexibility index (Phi) is 5.08. The number of nitrogens with one attached hydrogen (secondary N) is 1. The van der Waals surface area contributed by atoms with E-state index in [0.29, 0.717) is 5.56 Å². The van der Waals surface area contributed by atoms with Crippen LogP contribution in [0, 0.1) is 5.82 Å². The Morgan fingerprint density at radius 3 is 2.50 bits per heavy atom. The molecule has 0 aliphatic carbocycles. The molecular weight excluding hydrogens is 361 g/mol. The highest BCUT2D eigenvalue weighted by molar-refractivity contribution is 7.91. The van der Waals surface area contributed by atoms with Gasteiger partial charge in [0.1, 0.15) is 17.3 Å². The van der Waals surface area contributed by atoms with Crippen molar-refractivity contribution in [2.24, 2.45) is 0 Å². The van der Waals surface area contributed by atoms with Gasteiger partial charge >= 0.3 is 0 Å². The van der Waals surface area contributed by atoms with Crippen LogP contribution in [0.15, 0.2) is 59.1 Å². The fraction of sp³-hybridized carbons (Fsp3) is 0.118. The van der Waals surface area contributed by atoms with Crippen LogP contribution in [0.3, 0.4) is 0 Å². The number of rotatable bonds is 6. The van der Waals surface area contributed by atoms with Crippen LogP contribution in [0.2, 0.25) is 0 Å². The zero-order valence-corrected chi connectivity index (χ0v) is 14.2. The smallest absolute Gasteiger partial charge is 0.242 e. The van der Waals surface area contributed by atoms with Crippen LogP contribution in [-0.4, -0.2) is 30.2 Å². The molecule has 0 fully saturated rings. The first-order chi connectivity index (χ1) is 12.4. The lowest BCUT2D eigenvalue weighted by Crippen LogP contribution is -2.24. The van der Waals surface area contributed by atoms with E-state index >= 15 is 0 Å². The summed E-state index contributed by atoms with van der Waals surface area (Å²) < 4.78 is 42.7. The fourth-order valence-electron chi connectivity index (χ4n) is 2.21. The number of halogens is 1. The lowest BCUT2D eigenvalue weighted by atomic mass is 10.2. The van der Waals surface area contributed by atoms with Crippen molar-refractivity contribution in [2.75, 3.05) is 11.1 Å². The molecule has 0 saturated carbocycles. The summed E-state index contributed by atoms with van der Waals surface area (Å²) in [7, 11) is -3.87. The molecule has 9 heteroatoms. The van der Waals surface area contributed by atoms with Crippen molar-refractivity contribution in [1.29, 1.82) is 0 Å². The molecule has 0 saturated heterocycles. The Balaban J connectivity index is 1.65. The monoisotopic (exact) mass is 375 g/mol. The second-order valence-electron chi connectivity index (χ2n) is 5.44. The standard InChI is InChI=1S/C17H14FN3O4S/c18-13-8-4-5-9-14(13)19-15(22)10-26(23,24)11-16-20-17(21-25-16)12-6-2-1-3-7-12/h1-9H,10-11H2,(H,19,22). The Morgan fingerprint density at radius 1 is 1.08 bits per heavy atom.